The minimum Gasteiger partial charge on any atom is -0.507 e. The summed E-state index contributed by atoms with van der Waals surface area (Å²) < 4.78 is 9.77. The summed E-state index contributed by atoms with van der Waals surface area (Å²) in [6, 6.07) is 2.45. The molecule has 2 rings (SSSR count). The molecule has 0 saturated heterocycles. The van der Waals surface area contributed by atoms with Gasteiger partial charge in [0.1, 0.15) is 34.1 Å². The van der Waals surface area contributed by atoms with Crippen molar-refractivity contribution in [2.75, 3.05) is 7.11 Å². The first kappa shape index (κ1) is 19.4. The zero-order valence-electron chi connectivity index (χ0n) is 14.5. The van der Waals surface area contributed by atoms with Crippen LogP contribution in [0.1, 0.15) is 37.4 Å². The molecule has 2 aromatic carbocycles. The van der Waals surface area contributed by atoms with E-state index in [1.807, 2.05) is 0 Å². The molecule has 0 aromatic heterocycles. The van der Waals surface area contributed by atoms with Crippen molar-refractivity contribution in [2.24, 2.45) is 0 Å². The largest absolute Gasteiger partial charge is 0.507 e. The van der Waals surface area contributed by atoms with E-state index < -0.39 is 23.4 Å². The van der Waals surface area contributed by atoms with Crippen LogP contribution >= 0.6 is 11.6 Å². The molecular weight excluding hydrogens is 364 g/mol. The van der Waals surface area contributed by atoms with Gasteiger partial charge < -0.3 is 24.8 Å². The molecule has 0 aliphatic carbocycles. The first-order valence-electron chi connectivity index (χ1n) is 7.44. The van der Waals surface area contributed by atoms with Gasteiger partial charge >= 0.3 is 11.9 Å². The number of rotatable bonds is 3. The third-order valence-electron chi connectivity index (χ3n) is 3.95. The number of hydrogen-bond acceptors (Lipinski definition) is 7. The van der Waals surface area contributed by atoms with Gasteiger partial charge in [0.05, 0.1) is 12.1 Å². The van der Waals surface area contributed by atoms with Gasteiger partial charge in [-0.1, -0.05) is 11.6 Å². The van der Waals surface area contributed by atoms with Crippen LogP contribution in [0, 0.1) is 20.8 Å². The molecule has 0 amide bonds. The monoisotopic (exact) mass is 380 g/mol. The van der Waals surface area contributed by atoms with Crippen LogP contribution in [0.3, 0.4) is 0 Å². The fourth-order valence-corrected chi connectivity index (χ4v) is 2.74. The molecule has 0 aliphatic heterocycles. The Balaban J connectivity index is 2.45. The molecule has 0 aliphatic rings. The molecule has 0 heterocycles. The van der Waals surface area contributed by atoms with Crippen molar-refractivity contribution in [3.63, 3.8) is 0 Å². The van der Waals surface area contributed by atoms with Crippen LogP contribution in [0.25, 0.3) is 0 Å². The van der Waals surface area contributed by atoms with Gasteiger partial charge in [0.25, 0.3) is 0 Å². The number of phenolic OH excluding ortho intramolecular Hbond substituents is 3. The lowest BCUT2D eigenvalue weighted by Gasteiger charge is -2.15. The molecule has 0 radical (unpaired) electrons. The van der Waals surface area contributed by atoms with Crippen LogP contribution in [-0.2, 0) is 4.74 Å². The summed E-state index contributed by atoms with van der Waals surface area (Å²) in [5.41, 5.74) is 0.256. The fraction of sp³-hybridized carbons (Fsp3) is 0.222. The lowest BCUT2D eigenvalue weighted by Crippen LogP contribution is -2.12. The van der Waals surface area contributed by atoms with E-state index in [2.05, 4.69) is 4.74 Å². The maximum absolute atomic E-state index is 12.5. The van der Waals surface area contributed by atoms with Crippen LogP contribution in [0.15, 0.2) is 12.1 Å². The Morgan fingerprint density at radius 1 is 0.923 bits per heavy atom. The molecule has 0 unspecified atom stereocenters. The average Bonchev–Trinajstić information content (AvgIpc) is 2.57. The van der Waals surface area contributed by atoms with Crippen molar-refractivity contribution in [1.29, 1.82) is 0 Å². The van der Waals surface area contributed by atoms with Crippen LogP contribution in [0.5, 0.6) is 23.0 Å². The number of benzene rings is 2. The van der Waals surface area contributed by atoms with Gasteiger partial charge in [-0.15, -0.1) is 0 Å². The van der Waals surface area contributed by atoms with E-state index in [1.54, 1.807) is 0 Å². The zero-order valence-corrected chi connectivity index (χ0v) is 15.3. The normalized spacial score (nSPS) is 10.5. The van der Waals surface area contributed by atoms with E-state index in [9.17, 15) is 24.9 Å². The first-order valence-corrected chi connectivity index (χ1v) is 7.82. The highest BCUT2D eigenvalue weighted by Crippen LogP contribution is 2.40. The predicted molar refractivity (Wildman–Crippen MR) is 93.4 cm³/mol. The lowest BCUT2D eigenvalue weighted by atomic mass is 10.0. The summed E-state index contributed by atoms with van der Waals surface area (Å²) in [6.07, 6.45) is 0. The minimum atomic E-state index is -0.936. The Morgan fingerprint density at radius 2 is 1.54 bits per heavy atom. The van der Waals surface area contributed by atoms with Crippen LogP contribution < -0.4 is 4.74 Å². The number of carbonyl (C=O) groups is 2. The van der Waals surface area contributed by atoms with Crippen LogP contribution in [-0.4, -0.2) is 34.4 Å². The number of esters is 2. The van der Waals surface area contributed by atoms with Gasteiger partial charge in [0.15, 0.2) is 0 Å². The summed E-state index contributed by atoms with van der Waals surface area (Å²) in [6.45, 7) is 4.38. The number of hydrogen-bond donors (Lipinski definition) is 3. The van der Waals surface area contributed by atoms with E-state index in [0.717, 1.165) is 6.07 Å². The standard InChI is InChI=1S/C18H17ClO7/c1-7-5-10(6-11(20)12(7)17(23)25-4)26-18(24)13-8(2)14(19)16(22)9(3)15(13)21/h5-6,20-22H,1-4H3. The van der Waals surface area contributed by atoms with Gasteiger partial charge in [0.2, 0.25) is 0 Å². The number of halogens is 1. The molecule has 0 atom stereocenters. The van der Waals surface area contributed by atoms with Crippen molar-refractivity contribution in [2.45, 2.75) is 20.8 Å². The molecule has 26 heavy (non-hydrogen) atoms. The Morgan fingerprint density at radius 3 is 2.08 bits per heavy atom. The second-order valence-corrected chi connectivity index (χ2v) is 6.03. The summed E-state index contributed by atoms with van der Waals surface area (Å²) in [5.74, 6) is -2.91. The minimum absolute atomic E-state index is 0.0348. The van der Waals surface area contributed by atoms with Crippen LogP contribution in [0.4, 0.5) is 0 Å². The van der Waals surface area contributed by atoms with Crippen molar-refractivity contribution >= 4 is 23.5 Å². The number of aryl methyl sites for hydroxylation is 1. The SMILES string of the molecule is COC(=O)c1c(C)cc(OC(=O)c2c(C)c(Cl)c(O)c(C)c2O)cc1O. The third-order valence-corrected chi connectivity index (χ3v) is 4.41. The lowest BCUT2D eigenvalue weighted by molar-refractivity contribution is 0.0596. The van der Waals surface area contributed by atoms with Gasteiger partial charge in [-0.2, -0.15) is 0 Å². The molecule has 0 bridgehead atoms. The van der Waals surface area contributed by atoms with E-state index in [-0.39, 0.29) is 38.8 Å². The van der Waals surface area contributed by atoms with E-state index in [4.69, 9.17) is 16.3 Å². The summed E-state index contributed by atoms with van der Waals surface area (Å²) in [5, 5.41) is 29.9. The fourth-order valence-electron chi connectivity index (χ4n) is 2.50. The predicted octanol–water partition coefficient (Wildman–Crippen LogP) is 3.39. The first-order chi connectivity index (χ1) is 12.1. The Hall–Kier alpha value is -2.93. The van der Waals surface area contributed by atoms with Gasteiger partial charge in [-0.3, -0.25) is 0 Å². The van der Waals surface area contributed by atoms with E-state index in [1.165, 1.54) is 33.9 Å². The highest BCUT2D eigenvalue weighted by Gasteiger charge is 2.25. The number of phenols is 3. The van der Waals surface area contributed by atoms with Gasteiger partial charge in [-0.25, -0.2) is 9.59 Å². The van der Waals surface area contributed by atoms with Gasteiger partial charge in [-0.05, 0) is 38.0 Å². The van der Waals surface area contributed by atoms with Crippen LogP contribution in [0.2, 0.25) is 5.02 Å². The molecule has 138 valence electrons. The van der Waals surface area contributed by atoms with Crippen molar-refractivity contribution in [3.8, 4) is 23.0 Å². The summed E-state index contributed by atoms with van der Waals surface area (Å²) >= 11 is 5.97. The van der Waals surface area contributed by atoms with Crippen molar-refractivity contribution < 1.29 is 34.4 Å². The number of aromatic hydroxyl groups is 3. The molecule has 0 saturated carbocycles. The molecule has 8 heteroatoms. The van der Waals surface area contributed by atoms with E-state index in [0.29, 0.717) is 5.56 Å². The molecular formula is C18H17ClO7. The van der Waals surface area contributed by atoms with Crippen molar-refractivity contribution in [3.05, 3.63) is 45.0 Å². The number of methoxy groups -OCH3 is 1. The number of ether oxygens (including phenoxy) is 2. The quantitative estimate of drug-likeness (QED) is 0.552. The average molecular weight is 381 g/mol. The van der Waals surface area contributed by atoms with Gasteiger partial charge in [0, 0.05) is 11.6 Å². The second-order valence-electron chi connectivity index (χ2n) is 5.65. The Labute approximate surface area is 154 Å². The maximum atomic E-state index is 12.5. The third kappa shape index (κ3) is 3.25. The highest BCUT2D eigenvalue weighted by atomic mass is 35.5. The second kappa shape index (κ2) is 7.13. The summed E-state index contributed by atoms with van der Waals surface area (Å²) in [7, 11) is 1.18. The topological polar surface area (TPSA) is 113 Å². The summed E-state index contributed by atoms with van der Waals surface area (Å²) in [4.78, 5) is 24.1. The number of carbonyl (C=O) groups excluding carboxylic acids is 2. The smallest absolute Gasteiger partial charge is 0.347 e. The maximum Gasteiger partial charge on any atom is 0.347 e. The molecule has 0 spiro atoms. The molecule has 3 N–H and O–H groups in total. The Kier molecular flexibility index (Phi) is 5.32. The molecule has 0 fully saturated rings. The highest BCUT2D eigenvalue weighted by molar-refractivity contribution is 6.33. The zero-order chi connectivity index (χ0) is 19.8. The molecule has 2 aromatic rings. The Bertz CT molecular complexity index is 866. The van der Waals surface area contributed by atoms with Crippen molar-refractivity contribution in [1.82, 2.24) is 0 Å². The van der Waals surface area contributed by atoms with E-state index >= 15 is 0 Å². The molecule has 7 nitrogen and oxygen atoms in total.